The van der Waals surface area contributed by atoms with Gasteiger partial charge < -0.3 is 14.5 Å². The first-order chi connectivity index (χ1) is 4.42. The van der Waals surface area contributed by atoms with Crippen LogP contribution in [-0.2, 0) is 14.1 Å². The Hall–Kier alpha value is -0.380. The van der Waals surface area contributed by atoms with E-state index in [1.54, 1.807) is 0 Å². The van der Waals surface area contributed by atoms with E-state index in [0.717, 1.165) is 0 Å². The number of rotatable bonds is 3. The van der Waals surface area contributed by atoms with Gasteiger partial charge in [0.05, 0.1) is 6.16 Å². The van der Waals surface area contributed by atoms with Gasteiger partial charge in [-0.05, 0) is 0 Å². The van der Waals surface area contributed by atoms with Crippen LogP contribution in [0.15, 0.2) is 0 Å². The number of carbonyl (C=O) groups is 1. The van der Waals surface area contributed by atoms with Gasteiger partial charge in [-0.2, -0.15) is 0 Å². The summed E-state index contributed by atoms with van der Waals surface area (Å²) in [6.45, 7) is 0.958. The van der Waals surface area contributed by atoms with Gasteiger partial charge in [0, 0.05) is 6.92 Å². The van der Waals surface area contributed by atoms with Crippen molar-refractivity contribution in [3.8, 4) is 0 Å². The third kappa shape index (κ3) is 7.62. The van der Waals surface area contributed by atoms with Crippen LogP contribution in [-0.4, -0.2) is 28.5 Å². The molecule has 0 amide bonds. The Balaban J connectivity index is 3.39. The van der Waals surface area contributed by atoms with Gasteiger partial charge in [0.2, 0.25) is 0 Å². The maximum absolute atomic E-state index is 10.1. The molecule has 0 atom stereocenters. The van der Waals surface area contributed by atoms with Crippen molar-refractivity contribution >= 4 is 13.6 Å². The predicted molar refractivity (Wildman–Crippen MR) is 33.5 cm³/mol. The molecule has 6 heteroatoms. The second-order valence-corrected chi connectivity index (χ2v) is 3.50. The minimum absolute atomic E-state index is 0.223. The van der Waals surface area contributed by atoms with E-state index in [1.165, 1.54) is 6.92 Å². The SMILES string of the molecule is CC(=O)OCCP(=O)(O)O. The Labute approximate surface area is 58.2 Å². The second-order valence-electron chi connectivity index (χ2n) is 1.73. The van der Waals surface area contributed by atoms with Crippen molar-refractivity contribution in [1.82, 2.24) is 0 Å². The van der Waals surface area contributed by atoms with E-state index >= 15 is 0 Å². The maximum Gasteiger partial charge on any atom is 0.328 e. The van der Waals surface area contributed by atoms with Gasteiger partial charge >= 0.3 is 13.6 Å². The van der Waals surface area contributed by atoms with Gasteiger partial charge in [-0.15, -0.1) is 0 Å². The summed E-state index contributed by atoms with van der Waals surface area (Å²) >= 11 is 0. The Morgan fingerprint density at radius 1 is 1.60 bits per heavy atom. The maximum atomic E-state index is 10.1. The topological polar surface area (TPSA) is 83.8 Å². The largest absolute Gasteiger partial charge is 0.465 e. The summed E-state index contributed by atoms with van der Waals surface area (Å²) in [6.07, 6.45) is -0.410. The van der Waals surface area contributed by atoms with E-state index in [4.69, 9.17) is 9.79 Å². The molecule has 0 bridgehead atoms. The first-order valence-corrected chi connectivity index (χ1v) is 4.39. The fraction of sp³-hybridized carbons (Fsp3) is 0.750. The van der Waals surface area contributed by atoms with Crippen LogP contribution in [0.2, 0.25) is 0 Å². The molecule has 0 spiro atoms. The van der Waals surface area contributed by atoms with Crippen LogP contribution in [0.1, 0.15) is 6.92 Å². The molecule has 0 aromatic heterocycles. The van der Waals surface area contributed by atoms with Crippen molar-refractivity contribution in [3.05, 3.63) is 0 Å². The Kier molecular flexibility index (Phi) is 3.57. The molecule has 0 unspecified atom stereocenters. The summed E-state index contributed by atoms with van der Waals surface area (Å²) < 4.78 is 14.4. The highest BCUT2D eigenvalue weighted by Gasteiger charge is 2.12. The lowest BCUT2D eigenvalue weighted by molar-refractivity contribution is -0.140. The standard InChI is InChI=1S/C4H9O5P/c1-4(5)9-2-3-10(6,7)8/h2-3H2,1H3,(H2,6,7,8). The number of hydrogen-bond acceptors (Lipinski definition) is 3. The van der Waals surface area contributed by atoms with Crippen LogP contribution in [0.5, 0.6) is 0 Å². The number of hydrogen-bond donors (Lipinski definition) is 2. The number of carbonyl (C=O) groups excluding carboxylic acids is 1. The molecule has 0 rings (SSSR count). The molecule has 0 radical (unpaired) electrons. The summed E-state index contributed by atoms with van der Waals surface area (Å²) in [5.74, 6) is -0.534. The van der Waals surface area contributed by atoms with Gasteiger partial charge in [-0.1, -0.05) is 0 Å². The van der Waals surface area contributed by atoms with Gasteiger partial charge in [-0.25, -0.2) is 0 Å². The monoisotopic (exact) mass is 168 g/mol. The highest BCUT2D eigenvalue weighted by Crippen LogP contribution is 2.33. The molecule has 0 fully saturated rings. The van der Waals surface area contributed by atoms with Crippen LogP contribution in [0.4, 0.5) is 0 Å². The molecule has 0 aromatic rings. The molecule has 0 aliphatic heterocycles. The van der Waals surface area contributed by atoms with Gasteiger partial charge in [0.15, 0.2) is 0 Å². The minimum atomic E-state index is -4.00. The van der Waals surface area contributed by atoms with E-state index in [2.05, 4.69) is 4.74 Å². The number of ether oxygens (including phenoxy) is 1. The zero-order valence-electron chi connectivity index (χ0n) is 5.48. The fourth-order valence-corrected chi connectivity index (χ4v) is 0.637. The molecular weight excluding hydrogens is 159 g/mol. The zero-order valence-corrected chi connectivity index (χ0v) is 6.38. The molecular formula is C4H9O5P. The van der Waals surface area contributed by atoms with Crippen LogP contribution < -0.4 is 0 Å². The second kappa shape index (κ2) is 3.71. The summed E-state index contributed by atoms with van der Waals surface area (Å²) in [7, 11) is -4.00. The van der Waals surface area contributed by atoms with Crippen molar-refractivity contribution in [2.24, 2.45) is 0 Å². The predicted octanol–water partition coefficient (Wildman–Crippen LogP) is -0.273. The molecule has 0 aromatic carbocycles. The average molecular weight is 168 g/mol. The van der Waals surface area contributed by atoms with E-state index in [0.29, 0.717) is 0 Å². The first-order valence-electron chi connectivity index (χ1n) is 2.60. The summed E-state index contributed by atoms with van der Waals surface area (Å²) in [4.78, 5) is 26.6. The lowest BCUT2D eigenvalue weighted by Gasteiger charge is -2.02. The van der Waals surface area contributed by atoms with Gasteiger partial charge in [0.25, 0.3) is 0 Å². The van der Waals surface area contributed by atoms with E-state index in [9.17, 15) is 9.36 Å². The van der Waals surface area contributed by atoms with E-state index in [1.807, 2.05) is 0 Å². The van der Waals surface area contributed by atoms with Crippen molar-refractivity contribution in [2.45, 2.75) is 6.92 Å². The van der Waals surface area contributed by atoms with Crippen molar-refractivity contribution in [1.29, 1.82) is 0 Å². The highest BCUT2D eigenvalue weighted by atomic mass is 31.2. The molecule has 0 aliphatic carbocycles. The van der Waals surface area contributed by atoms with Crippen LogP contribution in [0.25, 0.3) is 0 Å². The molecule has 5 nitrogen and oxygen atoms in total. The van der Waals surface area contributed by atoms with E-state index in [-0.39, 0.29) is 6.61 Å². The fourth-order valence-electron chi connectivity index (χ4n) is 0.308. The summed E-state index contributed by atoms with van der Waals surface area (Å²) in [5, 5.41) is 0. The Morgan fingerprint density at radius 2 is 2.10 bits per heavy atom. The Bertz CT molecular complexity index is 159. The Morgan fingerprint density at radius 3 is 2.40 bits per heavy atom. The average Bonchev–Trinajstić information content (AvgIpc) is 1.59. The molecule has 0 aliphatic rings. The molecule has 0 heterocycles. The van der Waals surface area contributed by atoms with Crippen molar-refractivity contribution in [2.75, 3.05) is 12.8 Å². The van der Waals surface area contributed by atoms with Crippen LogP contribution >= 0.6 is 7.60 Å². The molecule has 0 saturated heterocycles. The minimum Gasteiger partial charge on any atom is -0.465 e. The lowest BCUT2D eigenvalue weighted by atomic mass is 10.8. The third-order valence-corrected chi connectivity index (χ3v) is 1.45. The zero-order chi connectivity index (χ0) is 8.20. The molecule has 10 heavy (non-hydrogen) atoms. The molecule has 60 valence electrons. The lowest BCUT2D eigenvalue weighted by Crippen LogP contribution is -2.04. The smallest absolute Gasteiger partial charge is 0.328 e. The summed E-state index contributed by atoms with van der Waals surface area (Å²) in [5.41, 5.74) is 0. The molecule has 2 N–H and O–H groups in total. The van der Waals surface area contributed by atoms with Crippen molar-refractivity contribution < 1.29 is 23.9 Å². The van der Waals surface area contributed by atoms with Crippen molar-refractivity contribution in [3.63, 3.8) is 0 Å². The first kappa shape index (κ1) is 9.62. The molecule has 0 saturated carbocycles. The van der Waals surface area contributed by atoms with E-state index < -0.39 is 19.7 Å². The highest BCUT2D eigenvalue weighted by molar-refractivity contribution is 7.51. The number of esters is 1. The quantitative estimate of drug-likeness (QED) is 0.447. The van der Waals surface area contributed by atoms with Crippen LogP contribution in [0.3, 0.4) is 0 Å². The summed E-state index contributed by atoms with van der Waals surface area (Å²) in [6, 6.07) is 0. The van der Waals surface area contributed by atoms with Crippen LogP contribution in [0, 0.1) is 0 Å². The normalized spacial score (nSPS) is 11.1. The van der Waals surface area contributed by atoms with Gasteiger partial charge in [0.1, 0.15) is 6.61 Å². The third-order valence-electron chi connectivity index (χ3n) is 0.688. The van der Waals surface area contributed by atoms with Gasteiger partial charge in [-0.3, -0.25) is 9.36 Å².